The molecule has 0 fully saturated rings. The van der Waals surface area contributed by atoms with E-state index < -0.39 is 0 Å². The van der Waals surface area contributed by atoms with Crippen molar-refractivity contribution in [2.45, 2.75) is 19.4 Å². The average molecular weight is 262 g/mol. The molecule has 1 unspecified atom stereocenters. The topological polar surface area (TPSA) is 77.8 Å². The number of nitrogens with one attached hydrogen (secondary N) is 1. The van der Waals surface area contributed by atoms with E-state index in [0.717, 1.165) is 12.1 Å². The van der Waals surface area contributed by atoms with Crippen LogP contribution in [0.5, 0.6) is 5.88 Å². The normalized spacial score (nSPS) is 12.4. The Kier molecular flexibility index (Phi) is 4.40. The predicted molar refractivity (Wildman–Crippen MR) is 69.7 cm³/mol. The van der Waals surface area contributed by atoms with Gasteiger partial charge in [-0.3, -0.25) is 0 Å². The fraction of sp³-hybridized carbons (Fsp3) is 0.500. The van der Waals surface area contributed by atoms with E-state index in [1.807, 2.05) is 12.1 Å². The molecule has 0 aromatic carbocycles. The lowest BCUT2D eigenvalue weighted by Gasteiger charge is -2.18. The molecule has 2 heterocycles. The monoisotopic (exact) mass is 262 g/mol. The van der Waals surface area contributed by atoms with Gasteiger partial charge in [0.15, 0.2) is 5.82 Å². The summed E-state index contributed by atoms with van der Waals surface area (Å²) in [6.45, 7) is 2.89. The number of likely N-dealkylation sites (N-methyl/N-ethyl adjacent to an activating group) is 1. The van der Waals surface area contributed by atoms with Crippen LogP contribution in [0.1, 0.15) is 24.4 Å². The van der Waals surface area contributed by atoms with E-state index >= 15 is 0 Å². The van der Waals surface area contributed by atoms with Crippen LogP contribution in [0, 0.1) is 0 Å². The molecular formula is C12H18N6O. The second-order valence-electron chi connectivity index (χ2n) is 4.11. The van der Waals surface area contributed by atoms with Crippen LogP contribution in [0.4, 0.5) is 0 Å². The summed E-state index contributed by atoms with van der Waals surface area (Å²) < 4.78 is 5.30. The van der Waals surface area contributed by atoms with Crippen molar-refractivity contribution in [3.05, 3.63) is 29.7 Å². The predicted octanol–water partition coefficient (Wildman–Crippen LogP) is 0.507. The standard InChI is InChI=1S/C12H18N6O/c1-4-13-10(8-11-15-17-18(2)16-11)9-6-5-7-14-12(9)19-3/h5-7,10,13H,4,8H2,1-3H3. The second-order valence-corrected chi connectivity index (χ2v) is 4.11. The highest BCUT2D eigenvalue weighted by Gasteiger charge is 2.18. The quantitative estimate of drug-likeness (QED) is 0.817. The van der Waals surface area contributed by atoms with E-state index in [1.54, 1.807) is 20.4 Å². The summed E-state index contributed by atoms with van der Waals surface area (Å²) in [4.78, 5) is 5.68. The van der Waals surface area contributed by atoms with Gasteiger partial charge in [-0.15, -0.1) is 10.2 Å². The lowest BCUT2D eigenvalue weighted by molar-refractivity contribution is 0.382. The van der Waals surface area contributed by atoms with E-state index in [-0.39, 0.29) is 6.04 Å². The summed E-state index contributed by atoms with van der Waals surface area (Å²) in [5.74, 6) is 1.32. The Morgan fingerprint density at radius 1 is 1.47 bits per heavy atom. The molecule has 0 saturated carbocycles. The maximum atomic E-state index is 5.30. The molecule has 2 rings (SSSR count). The van der Waals surface area contributed by atoms with E-state index in [4.69, 9.17) is 4.74 Å². The number of tetrazole rings is 1. The Morgan fingerprint density at radius 2 is 2.32 bits per heavy atom. The first-order valence-electron chi connectivity index (χ1n) is 6.19. The number of nitrogens with zero attached hydrogens (tertiary/aromatic N) is 5. The van der Waals surface area contributed by atoms with E-state index in [2.05, 4.69) is 32.6 Å². The molecule has 0 spiro atoms. The van der Waals surface area contributed by atoms with Gasteiger partial charge in [-0.25, -0.2) is 4.98 Å². The van der Waals surface area contributed by atoms with Gasteiger partial charge in [0.25, 0.3) is 0 Å². The van der Waals surface area contributed by atoms with Crippen LogP contribution in [-0.4, -0.2) is 38.8 Å². The van der Waals surface area contributed by atoms with Crippen molar-refractivity contribution in [2.24, 2.45) is 7.05 Å². The molecule has 1 atom stereocenters. The van der Waals surface area contributed by atoms with Crippen molar-refractivity contribution in [3.8, 4) is 5.88 Å². The van der Waals surface area contributed by atoms with Gasteiger partial charge in [0.1, 0.15) is 0 Å². The van der Waals surface area contributed by atoms with E-state index in [0.29, 0.717) is 18.1 Å². The summed E-state index contributed by atoms with van der Waals surface area (Å²) in [5.41, 5.74) is 0.999. The molecule has 0 amide bonds. The molecule has 0 saturated heterocycles. The fourth-order valence-electron chi connectivity index (χ4n) is 1.97. The van der Waals surface area contributed by atoms with Crippen LogP contribution >= 0.6 is 0 Å². The van der Waals surface area contributed by atoms with Gasteiger partial charge in [0, 0.05) is 24.2 Å². The van der Waals surface area contributed by atoms with Gasteiger partial charge >= 0.3 is 0 Å². The van der Waals surface area contributed by atoms with Crippen molar-refractivity contribution in [3.63, 3.8) is 0 Å². The van der Waals surface area contributed by atoms with Crippen LogP contribution in [0.15, 0.2) is 18.3 Å². The summed E-state index contributed by atoms with van der Waals surface area (Å²) in [6.07, 6.45) is 2.36. The van der Waals surface area contributed by atoms with Crippen molar-refractivity contribution in [2.75, 3.05) is 13.7 Å². The fourth-order valence-corrected chi connectivity index (χ4v) is 1.97. The first-order chi connectivity index (χ1) is 9.24. The largest absolute Gasteiger partial charge is 0.481 e. The molecule has 1 N–H and O–H groups in total. The number of methoxy groups -OCH3 is 1. The molecule has 0 aliphatic rings. The highest BCUT2D eigenvalue weighted by Crippen LogP contribution is 2.24. The second kappa shape index (κ2) is 6.24. The molecule has 7 nitrogen and oxygen atoms in total. The third kappa shape index (κ3) is 3.25. The van der Waals surface area contributed by atoms with Crippen LogP contribution in [0.3, 0.4) is 0 Å². The van der Waals surface area contributed by atoms with Crippen LogP contribution in [0.2, 0.25) is 0 Å². The lowest BCUT2D eigenvalue weighted by atomic mass is 10.0. The molecule has 2 aromatic rings. The molecule has 0 aliphatic heterocycles. The smallest absolute Gasteiger partial charge is 0.217 e. The van der Waals surface area contributed by atoms with Gasteiger partial charge in [-0.05, 0) is 17.8 Å². The Labute approximate surface area is 112 Å². The summed E-state index contributed by atoms with van der Waals surface area (Å²) in [5, 5.41) is 15.5. The number of aromatic nitrogens is 5. The zero-order chi connectivity index (χ0) is 13.7. The van der Waals surface area contributed by atoms with Gasteiger partial charge in [-0.2, -0.15) is 4.80 Å². The number of rotatable bonds is 6. The van der Waals surface area contributed by atoms with E-state index in [9.17, 15) is 0 Å². The maximum absolute atomic E-state index is 5.30. The minimum Gasteiger partial charge on any atom is -0.481 e. The molecular weight excluding hydrogens is 244 g/mol. The van der Waals surface area contributed by atoms with Gasteiger partial charge in [0.2, 0.25) is 5.88 Å². The molecule has 0 aliphatic carbocycles. The highest BCUT2D eigenvalue weighted by molar-refractivity contribution is 5.29. The minimum atomic E-state index is 0.0536. The van der Waals surface area contributed by atoms with Crippen LogP contribution < -0.4 is 10.1 Å². The first kappa shape index (κ1) is 13.4. The van der Waals surface area contributed by atoms with Crippen LogP contribution in [-0.2, 0) is 13.5 Å². The average Bonchev–Trinajstić information content (AvgIpc) is 2.84. The molecule has 19 heavy (non-hydrogen) atoms. The van der Waals surface area contributed by atoms with Crippen molar-refractivity contribution in [1.29, 1.82) is 0 Å². The van der Waals surface area contributed by atoms with Gasteiger partial charge in [-0.1, -0.05) is 13.0 Å². The molecule has 2 aromatic heterocycles. The Morgan fingerprint density at radius 3 is 2.95 bits per heavy atom. The van der Waals surface area contributed by atoms with E-state index in [1.165, 1.54) is 4.80 Å². The summed E-state index contributed by atoms with van der Waals surface area (Å²) in [6, 6.07) is 3.94. The Bertz CT molecular complexity index is 526. The Balaban J connectivity index is 2.23. The lowest BCUT2D eigenvalue weighted by Crippen LogP contribution is -2.24. The zero-order valence-electron chi connectivity index (χ0n) is 11.4. The SMILES string of the molecule is CCNC(Cc1nnn(C)n1)c1cccnc1OC. The number of pyridine rings is 1. The molecule has 7 heteroatoms. The highest BCUT2D eigenvalue weighted by atomic mass is 16.5. The summed E-state index contributed by atoms with van der Waals surface area (Å²) in [7, 11) is 3.37. The minimum absolute atomic E-state index is 0.0536. The number of hydrogen-bond donors (Lipinski definition) is 1. The van der Waals surface area contributed by atoms with Crippen molar-refractivity contribution < 1.29 is 4.74 Å². The van der Waals surface area contributed by atoms with Crippen molar-refractivity contribution in [1.82, 2.24) is 30.5 Å². The molecule has 0 bridgehead atoms. The van der Waals surface area contributed by atoms with Crippen molar-refractivity contribution >= 4 is 0 Å². The Hall–Kier alpha value is -2.02. The third-order valence-corrected chi connectivity index (χ3v) is 2.76. The summed E-state index contributed by atoms with van der Waals surface area (Å²) >= 11 is 0. The van der Waals surface area contributed by atoms with Crippen LogP contribution in [0.25, 0.3) is 0 Å². The number of aryl methyl sites for hydroxylation is 1. The molecule has 102 valence electrons. The maximum Gasteiger partial charge on any atom is 0.217 e. The molecule has 0 radical (unpaired) electrons. The van der Waals surface area contributed by atoms with Gasteiger partial charge in [0.05, 0.1) is 14.2 Å². The van der Waals surface area contributed by atoms with Gasteiger partial charge < -0.3 is 10.1 Å². The number of ether oxygens (including phenoxy) is 1. The zero-order valence-corrected chi connectivity index (χ0v) is 11.4. The number of hydrogen-bond acceptors (Lipinski definition) is 6. The first-order valence-corrected chi connectivity index (χ1v) is 6.19. The third-order valence-electron chi connectivity index (χ3n) is 2.76.